The molecule has 182 valence electrons. The topological polar surface area (TPSA) is 82.8 Å². The Morgan fingerprint density at radius 3 is 2.29 bits per heavy atom. The van der Waals surface area contributed by atoms with Crippen molar-refractivity contribution in [2.45, 2.75) is 36.2 Å². The fourth-order valence-corrected chi connectivity index (χ4v) is 5.24. The molecule has 0 aliphatic rings. The molecule has 3 aromatic carbocycles. The van der Waals surface area contributed by atoms with Gasteiger partial charge in [0.2, 0.25) is 0 Å². The highest BCUT2D eigenvalue weighted by Crippen LogP contribution is 2.27. The van der Waals surface area contributed by atoms with Gasteiger partial charge < -0.3 is 9.15 Å². The second-order valence-electron chi connectivity index (χ2n) is 8.09. The molecule has 0 amide bonds. The molecule has 1 aromatic heterocycles. The summed E-state index contributed by atoms with van der Waals surface area (Å²) in [6, 6.07) is 21.7. The Hall–Kier alpha value is -2.91. The molecular formula is C27H26O6S2. The maximum Gasteiger partial charge on any atom is 0.297 e. The van der Waals surface area contributed by atoms with Crippen LogP contribution >= 0.6 is 11.8 Å². The molecule has 0 fully saturated rings. The van der Waals surface area contributed by atoms with Gasteiger partial charge in [-0.05, 0) is 49.2 Å². The summed E-state index contributed by atoms with van der Waals surface area (Å²) in [4.78, 5) is 12.7. The van der Waals surface area contributed by atoms with Gasteiger partial charge in [0.05, 0.1) is 30.1 Å². The number of para-hydroxylation sites is 1. The second kappa shape index (κ2) is 11.2. The van der Waals surface area contributed by atoms with Crippen LogP contribution in [0, 0.1) is 13.8 Å². The molecule has 4 rings (SSSR count). The van der Waals surface area contributed by atoms with E-state index < -0.39 is 10.1 Å². The Morgan fingerprint density at radius 1 is 0.857 bits per heavy atom. The molecule has 0 bridgehead atoms. The van der Waals surface area contributed by atoms with Gasteiger partial charge in [0, 0.05) is 11.3 Å². The van der Waals surface area contributed by atoms with E-state index in [0.717, 1.165) is 16.7 Å². The first-order valence-electron chi connectivity index (χ1n) is 11.1. The van der Waals surface area contributed by atoms with Crippen molar-refractivity contribution in [3.8, 4) is 0 Å². The number of benzene rings is 3. The van der Waals surface area contributed by atoms with E-state index in [-0.39, 0.29) is 23.5 Å². The minimum Gasteiger partial charge on any atom is -0.449 e. The summed E-state index contributed by atoms with van der Waals surface area (Å²) in [7, 11) is -3.78. The van der Waals surface area contributed by atoms with Crippen molar-refractivity contribution in [2.24, 2.45) is 0 Å². The van der Waals surface area contributed by atoms with Crippen LogP contribution in [0.3, 0.4) is 0 Å². The lowest BCUT2D eigenvalue weighted by molar-refractivity contribution is 0.0907. The molecule has 4 aromatic rings. The number of fused-ring (bicyclic) bond motifs is 1. The maximum atomic E-state index is 12.6. The smallest absolute Gasteiger partial charge is 0.297 e. The number of thioether (sulfide) groups is 1. The van der Waals surface area contributed by atoms with Gasteiger partial charge in [-0.2, -0.15) is 8.42 Å². The van der Waals surface area contributed by atoms with E-state index in [9.17, 15) is 13.2 Å². The number of hydrogen-bond donors (Lipinski definition) is 0. The van der Waals surface area contributed by atoms with Crippen LogP contribution in [0.4, 0.5) is 0 Å². The Kier molecular flexibility index (Phi) is 8.07. The summed E-state index contributed by atoms with van der Waals surface area (Å²) in [5, 5.41) is 1.22. The van der Waals surface area contributed by atoms with Crippen LogP contribution in [0.25, 0.3) is 11.0 Å². The predicted octanol–water partition coefficient (Wildman–Crippen LogP) is 5.62. The third-order valence-electron chi connectivity index (χ3n) is 5.42. The van der Waals surface area contributed by atoms with Crippen LogP contribution < -0.4 is 5.43 Å². The van der Waals surface area contributed by atoms with Gasteiger partial charge in [0.1, 0.15) is 5.58 Å². The van der Waals surface area contributed by atoms with E-state index in [4.69, 9.17) is 13.3 Å². The van der Waals surface area contributed by atoms with Crippen LogP contribution in [0.1, 0.15) is 22.3 Å². The SMILES string of the molecule is Cc1ccc(S(=O)(=O)OCCOCc2ccc(CSc3oc4ccccc4c(=O)c3C)cc2)cc1. The van der Waals surface area contributed by atoms with E-state index in [1.54, 1.807) is 31.2 Å². The summed E-state index contributed by atoms with van der Waals surface area (Å²) < 4.78 is 40.9. The van der Waals surface area contributed by atoms with Crippen LogP contribution in [0.5, 0.6) is 0 Å². The first-order valence-corrected chi connectivity index (χ1v) is 13.5. The average Bonchev–Trinajstić information content (AvgIpc) is 2.86. The average molecular weight is 511 g/mol. The minimum atomic E-state index is -3.78. The summed E-state index contributed by atoms with van der Waals surface area (Å²) >= 11 is 1.49. The second-order valence-corrected chi connectivity index (χ2v) is 10.7. The van der Waals surface area contributed by atoms with Gasteiger partial charge in [-0.3, -0.25) is 8.98 Å². The molecule has 0 aliphatic heterocycles. The van der Waals surface area contributed by atoms with E-state index in [2.05, 4.69) is 0 Å². The van der Waals surface area contributed by atoms with Crippen molar-refractivity contribution in [3.05, 3.63) is 105 Å². The van der Waals surface area contributed by atoms with Crippen molar-refractivity contribution >= 4 is 32.8 Å². The molecular weight excluding hydrogens is 484 g/mol. The van der Waals surface area contributed by atoms with E-state index in [1.807, 2.05) is 43.3 Å². The van der Waals surface area contributed by atoms with Crippen molar-refractivity contribution < 1.29 is 21.8 Å². The molecule has 0 spiro atoms. The molecule has 0 N–H and O–H groups in total. The molecule has 0 aliphatic carbocycles. The molecule has 0 atom stereocenters. The van der Waals surface area contributed by atoms with Gasteiger partial charge in [0.25, 0.3) is 10.1 Å². The Bertz CT molecular complexity index is 1460. The van der Waals surface area contributed by atoms with Gasteiger partial charge in [-0.1, -0.05) is 65.9 Å². The van der Waals surface area contributed by atoms with Crippen LogP contribution in [-0.4, -0.2) is 21.6 Å². The van der Waals surface area contributed by atoms with Crippen LogP contribution in [0.15, 0.2) is 92.0 Å². The highest BCUT2D eigenvalue weighted by Gasteiger charge is 2.14. The fourth-order valence-electron chi connectivity index (χ4n) is 3.40. The van der Waals surface area contributed by atoms with E-state index in [1.165, 1.54) is 23.9 Å². The normalized spacial score (nSPS) is 11.7. The monoisotopic (exact) mass is 510 g/mol. The zero-order valence-electron chi connectivity index (χ0n) is 19.5. The van der Waals surface area contributed by atoms with Gasteiger partial charge in [-0.15, -0.1) is 0 Å². The van der Waals surface area contributed by atoms with Gasteiger partial charge in [-0.25, -0.2) is 0 Å². The largest absolute Gasteiger partial charge is 0.449 e. The highest BCUT2D eigenvalue weighted by molar-refractivity contribution is 7.98. The van der Waals surface area contributed by atoms with Crippen molar-refractivity contribution in [1.82, 2.24) is 0 Å². The predicted molar refractivity (Wildman–Crippen MR) is 137 cm³/mol. The molecule has 0 unspecified atom stereocenters. The third kappa shape index (κ3) is 6.41. The summed E-state index contributed by atoms with van der Waals surface area (Å²) in [5.41, 5.74) is 4.24. The molecule has 1 heterocycles. The Labute approximate surface area is 209 Å². The molecule has 35 heavy (non-hydrogen) atoms. The van der Waals surface area contributed by atoms with Crippen LogP contribution in [-0.2, 0) is 31.4 Å². The highest BCUT2D eigenvalue weighted by atomic mass is 32.2. The quantitative estimate of drug-likeness (QED) is 0.155. The van der Waals surface area contributed by atoms with Crippen molar-refractivity contribution in [3.63, 3.8) is 0 Å². The Morgan fingerprint density at radius 2 is 1.54 bits per heavy atom. The molecule has 0 saturated heterocycles. The first-order chi connectivity index (χ1) is 16.8. The molecule has 0 saturated carbocycles. The first kappa shape index (κ1) is 25.2. The van der Waals surface area contributed by atoms with E-state index in [0.29, 0.717) is 34.0 Å². The van der Waals surface area contributed by atoms with Gasteiger partial charge >= 0.3 is 0 Å². The summed E-state index contributed by atoms with van der Waals surface area (Å²) in [6.45, 7) is 4.13. The third-order valence-corrected chi connectivity index (χ3v) is 7.87. The number of hydrogen-bond acceptors (Lipinski definition) is 7. The number of rotatable bonds is 10. The Balaban J connectivity index is 1.24. The lowest BCUT2D eigenvalue weighted by Gasteiger charge is -2.08. The summed E-state index contributed by atoms with van der Waals surface area (Å²) in [6.07, 6.45) is 0. The zero-order chi connectivity index (χ0) is 24.8. The van der Waals surface area contributed by atoms with E-state index >= 15 is 0 Å². The van der Waals surface area contributed by atoms with Crippen LogP contribution in [0.2, 0.25) is 0 Å². The lowest BCUT2D eigenvalue weighted by Crippen LogP contribution is -2.11. The van der Waals surface area contributed by atoms with Crippen molar-refractivity contribution in [2.75, 3.05) is 13.2 Å². The minimum absolute atomic E-state index is 0.00232. The zero-order valence-corrected chi connectivity index (χ0v) is 21.2. The molecule has 8 heteroatoms. The lowest BCUT2D eigenvalue weighted by atomic mass is 10.2. The van der Waals surface area contributed by atoms with Gasteiger partial charge in [0.15, 0.2) is 10.5 Å². The maximum absolute atomic E-state index is 12.6. The number of ether oxygens (including phenoxy) is 1. The summed E-state index contributed by atoms with van der Waals surface area (Å²) in [5.74, 6) is 0.661. The number of aryl methyl sites for hydroxylation is 1. The fraction of sp³-hybridized carbons (Fsp3) is 0.222. The van der Waals surface area contributed by atoms with Crippen molar-refractivity contribution in [1.29, 1.82) is 0 Å². The molecule has 0 radical (unpaired) electrons. The standard InChI is InChI=1S/C27H26O6S2/c1-19-7-13-23(14-8-19)35(29,30)32-16-15-31-17-21-9-11-22(12-10-21)18-34-27-20(2)26(28)24-5-3-4-6-25(24)33-27/h3-14H,15-18H2,1-2H3. The molecule has 6 nitrogen and oxygen atoms in total.